The van der Waals surface area contributed by atoms with Gasteiger partial charge in [-0.15, -0.1) is 0 Å². The van der Waals surface area contributed by atoms with Crippen LogP contribution in [-0.2, 0) is 4.79 Å². The highest BCUT2D eigenvalue weighted by molar-refractivity contribution is 5.92. The van der Waals surface area contributed by atoms with Crippen LogP contribution in [0.1, 0.15) is 10.5 Å². The first-order chi connectivity index (χ1) is 7.11. The Morgan fingerprint density at radius 2 is 2.20 bits per heavy atom. The SMILES string of the molecule is O=C(NCC(O)C(=O)O)c1ccccn1. The maximum atomic E-state index is 11.3. The van der Waals surface area contributed by atoms with Crippen molar-refractivity contribution in [1.29, 1.82) is 0 Å². The van der Waals surface area contributed by atoms with E-state index in [1.54, 1.807) is 12.1 Å². The zero-order valence-electron chi connectivity index (χ0n) is 7.75. The van der Waals surface area contributed by atoms with Crippen molar-refractivity contribution in [1.82, 2.24) is 10.3 Å². The zero-order chi connectivity index (χ0) is 11.3. The summed E-state index contributed by atoms with van der Waals surface area (Å²) in [6.07, 6.45) is -0.152. The number of carboxylic acid groups (broad SMARTS) is 1. The number of carboxylic acids is 1. The quantitative estimate of drug-likeness (QED) is 0.607. The van der Waals surface area contributed by atoms with E-state index < -0.39 is 18.0 Å². The van der Waals surface area contributed by atoms with Crippen LogP contribution in [0.5, 0.6) is 0 Å². The molecule has 0 fully saturated rings. The molecule has 1 atom stereocenters. The van der Waals surface area contributed by atoms with Gasteiger partial charge in [0.05, 0.1) is 6.54 Å². The van der Waals surface area contributed by atoms with Crippen molar-refractivity contribution in [3.8, 4) is 0 Å². The number of amides is 1. The molecule has 1 amide bonds. The first-order valence-electron chi connectivity index (χ1n) is 4.21. The van der Waals surface area contributed by atoms with Gasteiger partial charge in [0.1, 0.15) is 5.69 Å². The van der Waals surface area contributed by atoms with E-state index in [9.17, 15) is 9.59 Å². The summed E-state index contributed by atoms with van der Waals surface area (Å²) in [5.41, 5.74) is 0.176. The van der Waals surface area contributed by atoms with Gasteiger partial charge in [0.25, 0.3) is 5.91 Å². The number of aromatic nitrogens is 1. The standard InChI is InChI=1S/C9H10N2O4/c12-7(9(14)15)5-11-8(13)6-3-1-2-4-10-6/h1-4,7,12H,5H2,(H,11,13)(H,14,15). The number of nitrogens with zero attached hydrogens (tertiary/aromatic N) is 1. The molecule has 6 heteroatoms. The molecule has 3 N–H and O–H groups in total. The van der Waals surface area contributed by atoms with Gasteiger partial charge in [-0.05, 0) is 12.1 Å². The second-order valence-electron chi connectivity index (χ2n) is 2.78. The number of carbonyl (C=O) groups excluding carboxylic acids is 1. The van der Waals surface area contributed by atoms with Crippen LogP contribution in [0.2, 0.25) is 0 Å². The van der Waals surface area contributed by atoms with Gasteiger partial charge in [-0.3, -0.25) is 9.78 Å². The minimum Gasteiger partial charge on any atom is -0.479 e. The third-order valence-electron chi connectivity index (χ3n) is 1.64. The Morgan fingerprint density at radius 3 is 2.73 bits per heavy atom. The van der Waals surface area contributed by atoms with Crippen molar-refractivity contribution >= 4 is 11.9 Å². The smallest absolute Gasteiger partial charge is 0.334 e. The number of pyridine rings is 1. The van der Waals surface area contributed by atoms with Gasteiger partial charge in [-0.25, -0.2) is 4.79 Å². The van der Waals surface area contributed by atoms with Gasteiger partial charge < -0.3 is 15.5 Å². The van der Waals surface area contributed by atoms with Crippen LogP contribution < -0.4 is 5.32 Å². The van der Waals surface area contributed by atoms with Crippen molar-refractivity contribution in [3.63, 3.8) is 0 Å². The van der Waals surface area contributed by atoms with Crippen LogP contribution in [-0.4, -0.2) is 39.7 Å². The first kappa shape index (κ1) is 11.1. The monoisotopic (exact) mass is 210 g/mol. The van der Waals surface area contributed by atoms with Crippen molar-refractivity contribution in [2.75, 3.05) is 6.54 Å². The molecule has 0 saturated carbocycles. The summed E-state index contributed by atoms with van der Waals surface area (Å²) in [6.45, 7) is -0.343. The number of aliphatic carboxylic acids is 1. The van der Waals surface area contributed by atoms with Gasteiger partial charge in [0.15, 0.2) is 6.10 Å². The summed E-state index contributed by atoms with van der Waals surface area (Å²) < 4.78 is 0. The molecule has 1 heterocycles. The number of aliphatic hydroxyl groups is 1. The second-order valence-corrected chi connectivity index (χ2v) is 2.78. The highest BCUT2D eigenvalue weighted by atomic mass is 16.4. The molecule has 15 heavy (non-hydrogen) atoms. The predicted octanol–water partition coefficient (Wildman–Crippen LogP) is -0.743. The average molecular weight is 210 g/mol. The number of rotatable bonds is 4. The fourth-order valence-corrected chi connectivity index (χ4v) is 0.864. The minimum absolute atomic E-state index is 0.176. The summed E-state index contributed by atoms with van der Waals surface area (Å²) in [6, 6.07) is 4.78. The molecule has 1 aromatic heterocycles. The van der Waals surface area contributed by atoms with Gasteiger partial charge >= 0.3 is 5.97 Å². The molecule has 0 aliphatic rings. The van der Waals surface area contributed by atoms with E-state index in [-0.39, 0.29) is 12.2 Å². The Morgan fingerprint density at radius 1 is 1.47 bits per heavy atom. The molecule has 0 aromatic carbocycles. The molecule has 0 aliphatic heterocycles. The molecular weight excluding hydrogens is 200 g/mol. The number of carbonyl (C=O) groups is 2. The van der Waals surface area contributed by atoms with E-state index in [1.165, 1.54) is 12.3 Å². The molecule has 0 radical (unpaired) electrons. The van der Waals surface area contributed by atoms with Crippen molar-refractivity contribution in [2.24, 2.45) is 0 Å². The van der Waals surface area contributed by atoms with E-state index in [0.717, 1.165) is 0 Å². The molecule has 0 saturated heterocycles. The lowest BCUT2D eigenvalue weighted by molar-refractivity contribution is -0.146. The van der Waals surface area contributed by atoms with Crippen LogP contribution in [0.3, 0.4) is 0 Å². The number of hydrogen-bond acceptors (Lipinski definition) is 4. The molecule has 0 aliphatic carbocycles. The predicted molar refractivity (Wildman–Crippen MR) is 50.2 cm³/mol. The van der Waals surface area contributed by atoms with E-state index in [4.69, 9.17) is 10.2 Å². The van der Waals surface area contributed by atoms with Crippen LogP contribution in [0.25, 0.3) is 0 Å². The lowest BCUT2D eigenvalue weighted by Gasteiger charge is -2.06. The van der Waals surface area contributed by atoms with Crippen LogP contribution in [0.15, 0.2) is 24.4 Å². The summed E-state index contributed by atoms with van der Waals surface area (Å²) in [7, 11) is 0. The van der Waals surface area contributed by atoms with Crippen molar-refractivity contribution in [2.45, 2.75) is 6.10 Å². The lowest BCUT2D eigenvalue weighted by atomic mass is 10.3. The van der Waals surface area contributed by atoms with Crippen molar-refractivity contribution < 1.29 is 19.8 Å². The molecule has 6 nitrogen and oxygen atoms in total. The Bertz CT molecular complexity index is 352. The third-order valence-corrected chi connectivity index (χ3v) is 1.64. The maximum Gasteiger partial charge on any atom is 0.334 e. The van der Waals surface area contributed by atoms with Gasteiger partial charge in [-0.2, -0.15) is 0 Å². The number of aliphatic hydroxyl groups excluding tert-OH is 1. The fourth-order valence-electron chi connectivity index (χ4n) is 0.864. The molecule has 80 valence electrons. The highest BCUT2D eigenvalue weighted by Crippen LogP contribution is 1.92. The van der Waals surface area contributed by atoms with E-state index in [0.29, 0.717) is 0 Å². The Balaban J connectivity index is 2.47. The van der Waals surface area contributed by atoms with Crippen molar-refractivity contribution in [3.05, 3.63) is 30.1 Å². The number of hydrogen-bond donors (Lipinski definition) is 3. The molecule has 1 unspecified atom stereocenters. The zero-order valence-corrected chi connectivity index (χ0v) is 7.75. The molecule has 0 spiro atoms. The Hall–Kier alpha value is -1.95. The van der Waals surface area contributed by atoms with E-state index in [1.807, 2.05) is 0 Å². The van der Waals surface area contributed by atoms with Crippen LogP contribution >= 0.6 is 0 Å². The average Bonchev–Trinajstić information content (AvgIpc) is 2.26. The Kier molecular flexibility index (Phi) is 3.75. The number of nitrogens with one attached hydrogen (secondary N) is 1. The third kappa shape index (κ3) is 3.35. The highest BCUT2D eigenvalue weighted by Gasteiger charge is 2.14. The first-order valence-corrected chi connectivity index (χ1v) is 4.21. The summed E-state index contributed by atoms with van der Waals surface area (Å²) in [4.78, 5) is 25.3. The largest absolute Gasteiger partial charge is 0.479 e. The maximum absolute atomic E-state index is 11.3. The van der Waals surface area contributed by atoms with Gasteiger partial charge in [0.2, 0.25) is 0 Å². The fraction of sp³-hybridized carbons (Fsp3) is 0.222. The lowest BCUT2D eigenvalue weighted by Crippen LogP contribution is -2.36. The second kappa shape index (κ2) is 5.06. The normalized spacial score (nSPS) is 11.8. The molecule has 0 bridgehead atoms. The summed E-state index contributed by atoms with van der Waals surface area (Å²) >= 11 is 0. The van der Waals surface area contributed by atoms with Crippen LogP contribution in [0, 0.1) is 0 Å². The molecule has 1 aromatic rings. The summed E-state index contributed by atoms with van der Waals surface area (Å²) in [5, 5.41) is 19.5. The van der Waals surface area contributed by atoms with Crippen LogP contribution in [0.4, 0.5) is 0 Å². The van der Waals surface area contributed by atoms with E-state index >= 15 is 0 Å². The minimum atomic E-state index is -1.60. The van der Waals surface area contributed by atoms with Gasteiger partial charge in [0, 0.05) is 6.20 Å². The Labute approximate surface area is 85.6 Å². The van der Waals surface area contributed by atoms with E-state index in [2.05, 4.69) is 10.3 Å². The molecule has 1 rings (SSSR count). The topological polar surface area (TPSA) is 99.5 Å². The summed E-state index contributed by atoms with van der Waals surface area (Å²) in [5.74, 6) is -1.90. The molecular formula is C9H10N2O4. The van der Waals surface area contributed by atoms with Gasteiger partial charge in [-0.1, -0.05) is 6.07 Å².